The highest BCUT2D eigenvalue weighted by molar-refractivity contribution is 7.18. The Bertz CT molecular complexity index is 825. The Morgan fingerprint density at radius 2 is 1.96 bits per heavy atom. The summed E-state index contributed by atoms with van der Waals surface area (Å²) in [7, 11) is 0. The van der Waals surface area contributed by atoms with E-state index in [2.05, 4.69) is 41.5 Å². The SMILES string of the molecule is CCCC(=O)N1CCC(C(=O)Nc2nnc(-c3ccc(C)cc3C)s2)CC1. The number of aromatic nitrogens is 2. The maximum absolute atomic E-state index is 12.6. The van der Waals surface area contributed by atoms with E-state index in [9.17, 15) is 9.59 Å². The number of carbonyl (C=O) groups is 2. The molecule has 1 aliphatic heterocycles. The summed E-state index contributed by atoms with van der Waals surface area (Å²) >= 11 is 1.39. The molecule has 1 aliphatic rings. The number of carbonyl (C=O) groups excluding carboxylic acids is 2. The van der Waals surface area contributed by atoms with Gasteiger partial charge in [0.05, 0.1) is 0 Å². The molecule has 0 radical (unpaired) electrons. The molecule has 1 fully saturated rings. The highest BCUT2D eigenvalue weighted by Crippen LogP contribution is 2.30. The highest BCUT2D eigenvalue weighted by atomic mass is 32.1. The number of likely N-dealkylation sites (tertiary alicyclic amines) is 1. The summed E-state index contributed by atoms with van der Waals surface area (Å²) in [5.74, 6) is 0.0867. The molecule has 3 rings (SSSR count). The molecular weight excluding hydrogens is 360 g/mol. The number of hydrogen-bond donors (Lipinski definition) is 1. The van der Waals surface area contributed by atoms with E-state index in [1.807, 2.05) is 17.9 Å². The van der Waals surface area contributed by atoms with Crippen LogP contribution in [0.5, 0.6) is 0 Å². The minimum absolute atomic E-state index is 0.0269. The van der Waals surface area contributed by atoms with Gasteiger partial charge in [-0.15, -0.1) is 10.2 Å². The second-order valence-corrected chi connectivity index (χ2v) is 8.10. The van der Waals surface area contributed by atoms with Gasteiger partial charge in [0.25, 0.3) is 0 Å². The first-order valence-electron chi connectivity index (χ1n) is 9.47. The van der Waals surface area contributed by atoms with Crippen molar-refractivity contribution in [2.45, 2.75) is 46.5 Å². The molecule has 7 heteroatoms. The number of anilines is 1. The summed E-state index contributed by atoms with van der Waals surface area (Å²) in [6, 6.07) is 6.21. The Labute approximate surface area is 164 Å². The van der Waals surface area contributed by atoms with Crippen LogP contribution in [0.4, 0.5) is 5.13 Å². The normalized spacial score (nSPS) is 15.0. The van der Waals surface area contributed by atoms with Crippen LogP contribution in [0.25, 0.3) is 10.6 Å². The molecule has 1 aromatic heterocycles. The van der Waals surface area contributed by atoms with Crippen molar-refractivity contribution in [3.8, 4) is 10.6 Å². The summed E-state index contributed by atoms with van der Waals surface area (Å²) in [6.07, 6.45) is 2.84. The quantitative estimate of drug-likeness (QED) is 0.848. The Morgan fingerprint density at radius 1 is 1.22 bits per heavy atom. The van der Waals surface area contributed by atoms with Crippen molar-refractivity contribution in [2.24, 2.45) is 5.92 Å². The molecule has 2 heterocycles. The van der Waals surface area contributed by atoms with Gasteiger partial charge in [-0.25, -0.2) is 0 Å². The number of nitrogens with zero attached hydrogens (tertiary/aromatic N) is 3. The third-order valence-electron chi connectivity index (χ3n) is 4.95. The van der Waals surface area contributed by atoms with E-state index in [4.69, 9.17) is 0 Å². The molecule has 0 saturated carbocycles. The molecule has 2 aromatic rings. The molecule has 0 atom stereocenters. The fourth-order valence-corrected chi connectivity index (χ4v) is 4.24. The number of piperidine rings is 1. The van der Waals surface area contributed by atoms with Crippen LogP contribution in [-0.2, 0) is 9.59 Å². The van der Waals surface area contributed by atoms with Crippen LogP contribution < -0.4 is 5.32 Å². The lowest BCUT2D eigenvalue weighted by atomic mass is 9.96. The Balaban J connectivity index is 1.58. The van der Waals surface area contributed by atoms with Crippen LogP contribution in [0.3, 0.4) is 0 Å². The smallest absolute Gasteiger partial charge is 0.229 e. The van der Waals surface area contributed by atoms with E-state index in [1.165, 1.54) is 16.9 Å². The average Bonchev–Trinajstić information content (AvgIpc) is 3.10. The second kappa shape index (κ2) is 8.61. The second-order valence-electron chi connectivity index (χ2n) is 7.13. The summed E-state index contributed by atoms with van der Waals surface area (Å²) < 4.78 is 0. The zero-order valence-corrected chi connectivity index (χ0v) is 16.9. The molecule has 0 bridgehead atoms. The van der Waals surface area contributed by atoms with Gasteiger partial charge >= 0.3 is 0 Å². The van der Waals surface area contributed by atoms with Crippen molar-refractivity contribution in [1.82, 2.24) is 15.1 Å². The van der Waals surface area contributed by atoms with Crippen molar-refractivity contribution in [3.63, 3.8) is 0 Å². The van der Waals surface area contributed by atoms with E-state index < -0.39 is 0 Å². The van der Waals surface area contributed by atoms with E-state index in [-0.39, 0.29) is 17.7 Å². The Hall–Kier alpha value is -2.28. The summed E-state index contributed by atoms with van der Waals surface area (Å²) in [5, 5.41) is 12.6. The van der Waals surface area contributed by atoms with E-state index in [1.54, 1.807) is 0 Å². The van der Waals surface area contributed by atoms with Crippen molar-refractivity contribution in [1.29, 1.82) is 0 Å². The maximum Gasteiger partial charge on any atom is 0.229 e. The molecule has 144 valence electrons. The molecule has 27 heavy (non-hydrogen) atoms. The summed E-state index contributed by atoms with van der Waals surface area (Å²) in [6.45, 7) is 7.42. The molecular formula is C20H26N4O2S. The minimum Gasteiger partial charge on any atom is -0.343 e. The number of aryl methyl sites for hydroxylation is 2. The van der Waals surface area contributed by atoms with Crippen LogP contribution in [0.15, 0.2) is 18.2 Å². The largest absolute Gasteiger partial charge is 0.343 e. The molecule has 2 amide bonds. The number of nitrogens with one attached hydrogen (secondary N) is 1. The fourth-order valence-electron chi connectivity index (χ4n) is 3.41. The zero-order valence-electron chi connectivity index (χ0n) is 16.1. The number of rotatable bonds is 5. The first-order chi connectivity index (χ1) is 13.0. The Morgan fingerprint density at radius 3 is 2.63 bits per heavy atom. The van der Waals surface area contributed by atoms with Crippen LogP contribution in [0.2, 0.25) is 0 Å². The van der Waals surface area contributed by atoms with Crippen molar-refractivity contribution >= 4 is 28.3 Å². The molecule has 0 spiro atoms. The van der Waals surface area contributed by atoms with E-state index in [0.29, 0.717) is 37.5 Å². The minimum atomic E-state index is -0.0795. The van der Waals surface area contributed by atoms with Gasteiger partial charge in [-0.2, -0.15) is 0 Å². The van der Waals surface area contributed by atoms with Crippen LogP contribution in [0.1, 0.15) is 43.7 Å². The van der Waals surface area contributed by atoms with E-state index >= 15 is 0 Å². The summed E-state index contributed by atoms with van der Waals surface area (Å²) in [5.41, 5.74) is 3.40. The number of hydrogen-bond acceptors (Lipinski definition) is 5. The lowest BCUT2D eigenvalue weighted by Crippen LogP contribution is -2.41. The lowest BCUT2D eigenvalue weighted by molar-refractivity contribution is -0.134. The van der Waals surface area contributed by atoms with Gasteiger partial charge in [0, 0.05) is 31.0 Å². The van der Waals surface area contributed by atoms with Gasteiger partial charge in [0.1, 0.15) is 5.01 Å². The molecule has 0 aliphatic carbocycles. The van der Waals surface area contributed by atoms with E-state index in [0.717, 1.165) is 22.6 Å². The topological polar surface area (TPSA) is 75.2 Å². The predicted molar refractivity (Wildman–Crippen MR) is 108 cm³/mol. The number of benzene rings is 1. The molecule has 1 aromatic carbocycles. The van der Waals surface area contributed by atoms with Crippen molar-refractivity contribution in [2.75, 3.05) is 18.4 Å². The predicted octanol–water partition coefficient (Wildman–Crippen LogP) is 3.80. The fraction of sp³-hybridized carbons (Fsp3) is 0.500. The Kier molecular flexibility index (Phi) is 6.21. The van der Waals surface area contributed by atoms with Gasteiger partial charge in [-0.05, 0) is 38.7 Å². The third kappa shape index (κ3) is 4.71. The molecule has 1 saturated heterocycles. The third-order valence-corrected chi connectivity index (χ3v) is 5.82. The molecule has 0 unspecified atom stereocenters. The van der Waals surface area contributed by atoms with Gasteiger partial charge < -0.3 is 10.2 Å². The van der Waals surface area contributed by atoms with Gasteiger partial charge in [-0.1, -0.05) is 42.0 Å². The highest BCUT2D eigenvalue weighted by Gasteiger charge is 2.27. The average molecular weight is 387 g/mol. The van der Waals surface area contributed by atoms with Crippen LogP contribution in [0, 0.1) is 19.8 Å². The van der Waals surface area contributed by atoms with Crippen molar-refractivity contribution in [3.05, 3.63) is 29.3 Å². The van der Waals surface area contributed by atoms with Crippen LogP contribution >= 0.6 is 11.3 Å². The first-order valence-corrected chi connectivity index (χ1v) is 10.3. The maximum atomic E-state index is 12.6. The van der Waals surface area contributed by atoms with Gasteiger partial charge in [0.2, 0.25) is 16.9 Å². The van der Waals surface area contributed by atoms with Crippen LogP contribution in [-0.4, -0.2) is 40.0 Å². The zero-order chi connectivity index (χ0) is 19.4. The number of amides is 2. The molecule has 6 nitrogen and oxygen atoms in total. The van der Waals surface area contributed by atoms with Gasteiger partial charge in [-0.3, -0.25) is 9.59 Å². The molecule has 1 N–H and O–H groups in total. The van der Waals surface area contributed by atoms with Crippen molar-refractivity contribution < 1.29 is 9.59 Å². The standard InChI is InChI=1S/C20H26N4O2S/c1-4-5-17(25)24-10-8-15(9-11-24)18(26)21-20-23-22-19(27-20)16-7-6-13(2)12-14(16)3/h6-7,12,15H,4-5,8-11H2,1-3H3,(H,21,23,26). The first kappa shape index (κ1) is 19.5. The van der Waals surface area contributed by atoms with Gasteiger partial charge in [0.15, 0.2) is 0 Å². The monoisotopic (exact) mass is 386 g/mol. The summed E-state index contributed by atoms with van der Waals surface area (Å²) in [4.78, 5) is 26.4. The lowest BCUT2D eigenvalue weighted by Gasteiger charge is -2.31.